The van der Waals surface area contributed by atoms with Gasteiger partial charge >= 0.3 is 6.36 Å². The second-order valence-electron chi connectivity index (χ2n) is 4.76. The lowest BCUT2D eigenvalue weighted by Crippen LogP contribution is -2.17. The van der Waals surface area contributed by atoms with Crippen LogP contribution in [0.5, 0.6) is 11.5 Å². The van der Waals surface area contributed by atoms with Crippen LogP contribution < -0.4 is 10.5 Å². The normalized spacial score (nSPS) is 12.4. The summed E-state index contributed by atoms with van der Waals surface area (Å²) >= 11 is 5.94. The van der Waals surface area contributed by atoms with Gasteiger partial charge in [-0.15, -0.1) is 25.6 Å². The standard InChI is InChI=1S/C15H13ClF3NO2.ClH/c1-8-6-10(16)7-12(14(8)21)13(20)9-2-4-11(5-3-9)22-15(17,18)19;/h2-7,13,21H,20H2,1H3;1H/t13-;/m1./s1. The van der Waals surface area contributed by atoms with Gasteiger partial charge < -0.3 is 15.6 Å². The van der Waals surface area contributed by atoms with Gasteiger partial charge in [0.1, 0.15) is 11.5 Å². The zero-order valence-electron chi connectivity index (χ0n) is 11.9. The fourth-order valence-corrected chi connectivity index (χ4v) is 2.34. The number of halogens is 5. The first-order valence-corrected chi connectivity index (χ1v) is 6.65. The van der Waals surface area contributed by atoms with Crippen molar-refractivity contribution in [2.24, 2.45) is 5.73 Å². The molecule has 0 bridgehead atoms. The van der Waals surface area contributed by atoms with Gasteiger partial charge in [-0.2, -0.15) is 0 Å². The number of hydrogen-bond acceptors (Lipinski definition) is 3. The Hall–Kier alpha value is -1.63. The number of alkyl halides is 3. The summed E-state index contributed by atoms with van der Waals surface area (Å²) in [5, 5.41) is 10.5. The lowest BCUT2D eigenvalue weighted by atomic mass is 9.97. The monoisotopic (exact) mass is 367 g/mol. The van der Waals surface area contributed by atoms with Gasteiger partial charge in [0.15, 0.2) is 0 Å². The first-order valence-electron chi connectivity index (χ1n) is 6.27. The lowest BCUT2D eigenvalue weighted by Gasteiger charge is -2.17. The van der Waals surface area contributed by atoms with E-state index in [0.717, 1.165) is 12.1 Å². The number of benzene rings is 2. The fraction of sp³-hybridized carbons (Fsp3) is 0.200. The smallest absolute Gasteiger partial charge is 0.507 e. The van der Waals surface area contributed by atoms with Crippen LogP contribution in [0.2, 0.25) is 5.02 Å². The summed E-state index contributed by atoms with van der Waals surface area (Å²) in [5.41, 5.74) is 7.53. The van der Waals surface area contributed by atoms with Crippen molar-refractivity contribution in [1.82, 2.24) is 0 Å². The Bertz CT molecular complexity index is 676. The molecule has 0 aliphatic heterocycles. The molecule has 2 aromatic rings. The third-order valence-electron chi connectivity index (χ3n) is 3.10. The van der Waals surface area contributed by atoms with Crippen LogP contribution in [0.4, 0.5) is 13.2 Å². The van der Waals surface area contributed by atoms with Crippen LogP contribution in [0.25, 0.3) is 0 Å². The zero-order chi connectivity index (χ0) is 16.5. The highest BCUT2D eigenvalue weighted by Crippen LogP contribution is 2.34. The summed E-state index contributed by atoms with van der Waals surface area (Å²) in [6.07, 6.45) is -4.74. The van der Waals surface area contributed by atoms with E-state index in [9.17, 15) is 18.3 Å². The van der Waals surface area contributed by atoms with E-state index in [1.165, 1.54) is 18.2 Å². The largest absolute Gasteiger partial charge is 0.573 e. The van der Waals surface area contributed by atoms with E-state index in [4.69, 9.17) is 17.3 Å². The van der Waals surface area contributed by atoms with Crippen LogP contribution in [-0.4, -0.2) is 11.5 Å². The van der Waals surface area contributed by atoms with Crippen LogP contribution in [0.3, 0.4) is 0 Å². The molecule has 0 heterocycles. The second-order valence-corrected chi connectivity index (χ2v) is 5.19. The Morgan fingerprint density at radius 1 is 1.17 bits per heavy atom. The fourth-order valence-electron chi connectivity index (χ4n) is 2.05. The number of ether oxygens (including phenoxy) is 1. The van der Waals surface area contributed by atoms with Crippen LogP contribution in [0.15, 0.2) is 36.4 Å². The Balaban J connectivity index is 0.00000264. The summed E-state index contributed by atoms with van der Waals surface area (Å²) < 4.78 is 40.1. The minimum absolute atomic E-state index is 0. The molecule has 0 aliphatic rings. The number of phenols is 1. The van der Waals surface area contributed by atoms with Crippen LogP contribution in [0, 0.1) is 6.92 Å². The maximum Gasteiger partial charge on any atom is 0.573 e. The van der Waals surface area contributed by atoms with Gasteiger partial charge in [-0.25, -0.2) is 0 Å². The number of aryl methyl sites for hydroxylation is 1. The first-order chi connectivity index (χ1) is 10.2. The Labute approximate surface area is 142 Å². The maximum atomic E-state index is 12.1. The molecule has 2 rings (SSSR count). The molecule has 3 nitrogen and oxygen atoms in total. The maximum absolute atomic E-state index is 12.1. The van der Waals surface area contributed by atoms with E-state index in [-0.39, 0.29) is 23.9 Å². The number of nitrogens with two attached hydrogens (primary N) is 1. The Kier molecular flexibility index (Phi) is 6.16. The molecule has 0 spiro atoms. The summed E-state index contributed by atoms with van der Waals surface area (Å²) in [7, 11) is 0. The van der Waals surface area contributed by atoms with Crippen molar-refractivity contribution in [3.63, 3.8) is 0 Å². The Morgan fingerprint density at radius 3 is 2.26 bits per heavy atom. The summed E-state index contributed by atoms with van der Waals surface area (Å²) in [6.45, 7) is 1.68. The molecule has 0 saturated carbocycles. The highest BCUT2D eigenvalue weighted by molar-refractivity contribution is 6.30. The van der Waals surface area contributed by atoms with Gasteiger partial charge in [-0.05, 0) is 42.3 Å². The number of phenolic OH excluding ortho intramolecular Hbond substituents is 1. The quantitative estimate of drug-likeness (QED) is 0.824. The molecule has 0 amide bonds. The highest BCUT2D eigenvalue weighted by atomic mass is 35.5. The molecule has 0 aliphatic carbocycles. The summed E-state index contributed by atoms with van der Waals surface area (Å²) in [4.78, 5) is 0. The van der Waals surface area contributed by atoms with Gasteiger partial charge in [-0.1, -0.05) is 23.7 Å². The summed E-state index contributed by atoms with van der Waals surface area (Å²) in [5.74, 6) is -0.331. The van der Waals surface area contributed by atoms with Gasteiger partial charge in [0.2, 0.25) is 0 Å². The van der Waals surface area contributed by atoms with Gasteiger partial charge in [0.25, 0.3) is 0 Å². The van der Waals surface area contributed by atoms with Crippen molar-refractivity contribution in [2.45, 2.75) is 19.3 Å². The number of hydrogen-bond donors (Lipinski definition) is 2. The van der Waals surface area contributed by atoms with Gasteiger partial charge in [-0.3, -0.25) is 0 Å². The van der Waals surface area contributed by atoms with Crippen LogP contribution in [-0.2, 0) is 0 Å². The van der Waals surface area contributed by atoms with E-state index >= 15 is 0 Å². The average Bonchev–Trinajstić information content (AvgIpc) is 2.41. The molecule has 0 unspecified atom stereocenters. The number of rotatable bonds is 3. The molecule has 2 aromatic carbocycles. The molecular formula is C15H14Cl2F3NO2. The Morgan fingerprint density at radius 2 is 1.74 bits per heavy atom. The van der Waals surface area contributed by atoms with Crippen LogP contribution in [0.1, 0.15) is 22.7 Å². The van der Waals surface area contributed by atoms with E-state index in [1.807, 2.05) is 0 Å². The molecule has 0 fully saturated rings. The van der Waals surface area contributed by atoms with Crippen molar-refractivity contribution in [3.05, 3.63) is 58.1 Å². The number of aromatic hydroxyl groups is 1. The molecule has 0 aromatic heterocycles. The molecule has 8 heteroatoms. The topological polar surface area (TPSA) is 55.5 Å². The van der Waals surface area contributed by atoms with Crippen molar-refractivity contribution in [3.8, 4) is 11.5 Å². The minimum atomic E-state index is -4.74. The van der Waals surface area contributed by atoms with Gasteiger partial charge in [0, 0.05) is 10.6 Å². The second kappa shape index (κ2) is 7.29. The van der Waals surface area contributed by atoms with E-state index in [2.05, 4.69) is 4.74 Å². The van der Waals surface area contributed by atoms with Crippen LogP contribution >= 0.6 is 24.0 Å². The van der Waals surface area contributed by atoms with Crippen molar-refractivity contribution < 1.29 is 23.0 Å². The van der Waals surface area contributed by atoms with E-state index in [0.29, 0.717) is 21.7 Å². The highest BCUT2D eigenvalue weighted by Gasteiger charge is 2.31. The van der Waals surface area contributed by atoms with E-state index < -0.39 is 12.4 Å². The third-order valence-corrected chi connectivity index (χ3v) is 3.32. The van der Waals surface area contributed by atoms with Gasteiger partial charge in [0.05, 0.1) is 6.04 Å². The first kappa shape index (κ1) is 19.4. The third kappa shape index (κ3) is 4.92. The predicted octanol–water partition coefficient (Wildman–Crippen LogP) is 4.72. The molecule has 0 saturated heterocycles. The molecule has 1 atom stereocenters. The van der Waals surface area contributed by atoms with E-state index in [1.54, 1.807) is 13.0 Å². The van der Waals surface area contributed by atoms with Crippen molar-refractivity contribution in [1.29, 1.82) is 0 Å². The summed E-state index contributed by atoms with van der Waals surface area (Å²) in [6, 6.07) is 7.52. The molecule has 126 valence electrons. The average molecular weight is 368 g/mol. The van der Waals surface area contributed by atoms with Crippen molar-refractivity contribution >= 4 is 24.0 Å². The minimum Gasteiger partial charge on any atom is -0.507 e. The molecular weight excluding hydrogens is 354 g/mol. The molecule has 3 N–H and O–H groups in total. The lowest BCUT2D eigenvalue weighted by molar-refractivity contribution is -0.274. The molecule has 0 radical (unpaired) electrons. The SMILES string of the molecule is Cc1cc(Cl)cc([C@H](N)c2ccc(OC(F)(F)F)cc2)c1O.Cl. The zero-order valence-corrected chi connectivity index (χ0v) is 13.5. The molecule has 23 heavy (non-hydrogen) atoms. The van der Waals surface area contributed by atoms with Crippen molar-refractivity contribution in [2.75, 3.05) is 0 Å². The predicted molar refractivity (Wildman–Crippen MR) is 84.3 cm³/mol.